The topological polar surface area (TPSA) is 29.1 Å². The van der Waals surface area contributed by atoms with Gasteiger partial charge in [0.2, 0.25) is 5.91 Å². The van der Waals surface area contributed by atoms with Crippen LogP contribution in [-0.4, -0.2) is 12.5 Å². The molecule has 23 heavy (non-hydrogen) atoms. The van der Waals surface area contributed by atoms with Crippen molar-refractivity contribution in [2.24, 2.45) is 0 Å². The SMILES string of the molecule is CC(C)(C)c1ccc(C=CC(=O)NCCC2=CCCCC2)cc1. The van der Waals surface area contributed by atoms with Gasteiger partial charge in [-0.05, 0) is 54.7 Å². The van der Waals surface area contributed by atoms with E-state index in [0.717, 1.165) is 18.5 Å². The van der Waals surface area contributed by atoms with Crippen LogP contribution in [0.5, 0.6) is 0 Å². The molecule has 0 aromatic heterocycles. The van der Waals surface area contributed by atoms with Gasteiger partial charge in [0.1, 0.15) is 0 Å². The maximum atomic E-state index is 11.9. The fraction of sp³-hybridized carbons (Fsp3) is 0.476. The van der Waals surface area contributed by atoms with E-state index in [2.05, 4.69) is 56.4 Å². The molecule has 1 N–H and O–H groups in total. The van der Waals surface area contributed by atoms with Gasteiger partial charge in [0, 0.05) is 12.6 Å². The quantitative estimate of drug-likeness (QED) is 0.601. The molecule has 1 aliphatic carbocycles. The van der Waals surface area contributed by atoms with E-state index < -0.39 is 0 Å². The van der Waals surface area contributed by atoms with Crippen LogP contribution in [0.15, 0.2) is 42.0 Å². The minimum atomic E-state index is -0.0127. The standard InChI is InChI=1S/C21H29NO/c1-21(2,3)19-12-9-18(10-13-19)11-14-20(23)22-16-15-17-7-5-4-6-8-17/h7,9-14H,4-6,8,15-16H2,1-3H3,(H,22,23). The number of carbonyl (C=O) groups is 1. The molecule has 0 saturated carbocycles. The van der Waals surface area contributed by atoms with E-state index in [1.165, 1.54) is 36.8 Å². The smallest absolute Gasteiger partial charge is 0.244 e. The Bertz CT molecular complexity index is 573. The molecule has 124 valence electrons. The van der Waals surface area contributed by atoms with Crippen molar-refractivity contribution in [1.82, 2.24) is 5.32 Å². The lowest BCUT2D eigenvalue weighted by molar-refractivity contribution is -0.116. The summed E-state index contributed by atoms with van der Waals surface area (Å²) < 4.78 is 0. The average Bonchev–Trinajstić information content (AvgIpc) is 2.53. The molecule has 1 aromatic rings. The number of hydrogen-bond donors (Lipinski definition) is 1. The van der Waals surface area contributed by atoms with Crippen molar-refractivity contribution >= 4 is 12.0 Å². The molecule has 0 radical (unpaired) electrons. The van der Waals surface area contributed by atoms with Gasteiger partial charge < -0.3 is 5.32 Å². The van der Waals surface area contributed by atoms with E-state index in [9.17, 15) is 4.79 Å². The molecule has 0 bridgehead atoms. The molecule has 1 aliphatic rings. The summed E-state index contributed by atoms with van der Waals surface area (Å²) >= 11 is 0. The molecule has 1 aromatic carbocycles. The van der Waals surface area contributed by atoms with Crippen molar-refractivity contribution in [1.29, 1.82) is 0 Å². The molecule has 0 spiro atoms. The minimum absolute atomic E-state index is 0.0127. The molecule has 0 aliphatic heterocycles. The third-order valence-corrected chi connectivity index (χ3v) is 4.33. The molecular formula is C21H29NO. The Morgan fingerprint density at radius 2 is 1.91 bits per heavy atom. The molecule has 2 nitrogen and oxygen atoms in total. The number of amides is 1. The van der Waals surface area contributed by atoms with E-state index in [-0.39, 0.29) is 11.3 Å². The number of hydrogen-bond acceptors (Lipinski definition) is 1. The normalized spacial score (nSPS) is 15.5. The van der Waals surface area contributed by atoms with Crippen molar-refractivity contribution < 1.29 is 4.79 Å². The number of nitrogens with one attached hydrogen (secondary N) is 1. The summed E-state index contributed by atoms with van der Waals surface area (Å²) in [5.41, 5.74) is 4.02. The van der Waals surface area contributed by atoms with Crippen LogP contribution in [0, 0.1) is 0 Å². The van der Waals surface area contributed by atoms with E-state index in [1.807, 2.05) is 6.08 Å². The monoisotopic (exact) mass is 311 g/mol. The summed E-state index contributed by atoms with van der Waals surface area (Å²) in [4.78, 5) is 11.9. The molecule has 0 atom stereocenters. The zero-order valence-corrected chi connectivity index (χ0v) is 14.7. The van der Waals surface area contributed by atoms with Crippen molar-refractivity contribution in [2.75, 3.05) is 6.54 Å². The Morgan fingerprint density at radius 3 is 2.52 bits per heavy atom. The molecule has 0 unspecified atom stereocenters. The Kier molecular flexibility index (Phi) is 6.20. The van der Waals surface area contributed by atoms with Gasteiger partial charge in [0.25, 0.3) is 0 Å². The van der Waals surface area contributed by atoms with Gasteiger partial charge in [0.05, 0.1) is 0 Å². The zero-order valence-electron chi connectivity index (χ0n) is 14.7. The number of carbonyl (C=O) groups excluding carboxylic acids is 1. The molecule has 0 fully saturated rings. The van der Waals surface area contributed by atoms with Gasteiger partial charge in [-0.3, -0.25) is 4.79 Å². The summed E-state index contributed by atoms with van der Waals surface area (Å²) in [6.45, 7) is 7.34. The lowest BCUT2D eigenvalue weighted by Gasteiger charge is -2.18. The second-order valence-corrected chi connectivity index (χ2v) is 7.35. The Hall–Kier alpha value is -1.83. The second-order valence-electron chi connectivity index (χ2n) is 7.35. The van der Waals surface area contributed by atoms with Gasteiger partial charge >= 0.3 is 0 Å². The summed E-state index contributed by atoms with van der Waals surface area (Å²) in [7, 11) is 0. The minimum Gasteiger partial charge on any atom is -0.352 e. The summed E-state index contributed by atoms with van der Waals surface area (Å²) in [5.74, 6) is -0.0127. The first kappa shape index (κ1) is 17.5. The molecule has 1 amide bonds. The van der Waals surface area contributed by atoms with Gasteiger partial charge in [0.15, 0.2) is 0 Å². The third-order valence-electron chi connectivity index (χ3n) is 4.33. The van der Waals surface area contributed by atoms with Crippen LogP contribution in [0.25, 0.3) is 6.08 Å². The van der Waals surface area contributed by atoms with Crippen LogP contribution in [0.4, 0.5) is 0 Å². The number of benzene rings is 1. The van der Waals surface area contributed by atoms with E-state index in [0.29, 0.717) is 0 Å². The fourth-order valence-corrected chi connectivity index (χ4v) is 2.80. The van der Waals surface area contributed by atoms with Crippen LogP contribution in [0.2, 0.25) is 0 Å². The average molecular weight is 311 g/mol. The highest BCUT2D eigenvalue weighted by atomic mass is 16.1. The van der Waals surface area contributed by atoms with Gasteiger partial charge in [-0.2, -0.15) is 0 Å². The van der Waals surface area contributed by atoms with Gasteiger partial charge in [-0.15, -0.1) is 0 Å². The van der Waals surface area contributed by atoms with Crippen molar-refractivity contribution in [3.63, 3.8) is 0 Å². The van der Waals surface area contributed by atoms with E-state index in [1.54, 1.807) is 6.08 Å². The van der Waals surface area contributed by atoms with Crippen molar-refractivity contribution in [3.05, 3.63) is 53.1 Å². The van der Waals surface area contributed by atoms with Gasteiger partial charge in [-0.25, -0.2) is 0 Å². The highest BCUT2D eigenvalue weighted by molar-refractivity contribution is 5.91. The Balaban J connectivity index is 1.78. The van der Waals surface area contributed by atoms with E-state index in [4.69, 9.17) is 0 Å². The molecule has 2 heteroatoms. The first-order valence-corrected chi connectivity index (χ1v) is 8.69. The summed E-state index contributed by atoms with van der Waals surface area (Å²) in [6.07, 6.45) is 11.8. The molecule has 2 rings (SSSR count). The first-order chi connectivity index (χ1) is 10.9. The number of allylic oxidation sites excluding steroid dienone is 1. The van der Waals surface area contributed by atoms with Crippen LogP contribution >= 0.6 is 0 Å². The Labute approximate surface area is 140 Å². The maximum absolute atomic E-state index is 11.9. The summed E-state index contributed by atoms with van der Waals surface area (Å²) in [5, 5.41) is 2.97. The predicted molar refractivity (Wildman–Crippen MR) is 98.4 cm³/mol. The largest absolute Gasteiger partial charge is 0.352 e. The van der Waals surface area contributed by atoms with Crippen LogP contribution in [-0.2, 0) is 10.2 Å². The molecular weight excluding hydrogens is 282 g/mol. The van der Waals surface area contributed by atoms with Crippen molar-refractivity contribution in [2.45, 2.75) is 58.3 Å². The van der Waals surface area contributed by atoms with Crippen LogP contribution in [0.3, 0.4) is 0 Å². The van der Waals surface area contributed by atoms with Crippen LogP contribution in [0.1, 0.15) is 64.0 Å². The lowest BCUT2D eigenvalue weighted by Crippen LogP contribution is -2.22. The summed E-state index contributed by atoms with van der Waals surface area (Å²) in [6, 6.07) is 8.40. The Morgan fingerprint density at radius 1 is 1.17 bits per heavy atom. The van der Waals surface area contributed by atoms with Crippen LogP contribution < -0.4 is 5.32 Å². The number of rotatable bonds is 5. The maximum Gasteiger partial charge on any atom is 0.244 e. The zero-order chi connectivity index (χ0) is 16.7. The third kappa shape index (κ3) is 6.05. The molecule has 0 heterocycles. The first-order valence-electron chi connectivity index (χ1n) is 8.69. The van der Waals surface area contributed by atoms with E-state index >= 15 is 0 Å². The lowest BCUT2D eigenvalue weighted by atomic mass is 9.87. The second kappa shape index (κ2) is 8.14. The fourth-order valence-electron chi connectivity index (χ4n) is 2.80. The highest BCUT2D eigenvalue weighted by Crippen LogP contribution is 2.22. The molecule has 0 saturated heterocycles. The predicted octanol–water partition coefficient (Wildman–Crippen LogP) is 5.00. The van der Waals surface area contributed by atoms with Gasteiger partial charge in [-0.1, -0.05) is 56.7 Å². The highest BCUT2D eigenvalue weighted by Gasteiger charge is 2.12. The van der Waals surface area contributed by atoms with Crippen molar-refractivity contribution in [3.8, 4) is 0 Å².